The van der Waals surface area contributed by atoms with Crippen LogP contribution in [0.15, 0.2) is 4.79 Å². The van der Waals surface area contributed by atoms with E-state index < -0.39 is 16.7 Å². The number of carbonyl (C=O) groups is 2. The molecule has 0 spiro atoms. The van der Waals surface area contributed by atoms with E-state index in [-0.39, 0.29) is 17.1 Å². The lowest BCUT2D eigenvalue weighted by Crippen LogP contribution is -2.25. The normalized spacial score (nSPS) is 10.5. The van der Waals surface area contributed by atoms with Gasteiger partial charge in [-0.2, -0.15) is 0 Å². The van der Waals surface area contributed by atoms with Crippen molar-refractivity contribution in [3.05, 3.63) is 25.2 Å². The molecule has 0 bridgehead atoms. The third-order valence-corrected chi connectivity index (χ3v) is 4.23. The number of thiazole rings is 1. The summed E-state index contributed by atoms with van der Waals surface area (Å²) in [6.07, 6.45) is 0. The molecule has 2 rings (SSSR count). The molecule has 2 aromatic rings. The summed E-state index contributed by atoms with van der Waals surface area (Å²) < 4.78 is 1.12. The summed E-state index contributed by atoms with van der Waals surface area (Å²) in [6, 6.07) is 0. The molecule has 2 heterocycles. The number of aromatic nitrogens is 3. The van der Waals surface area contributed by atoms with Gasteiger partial charge in [-0.1, -0.05) is 22.7 Å². The van der Waals surface area contributed by atoms with Gasteiger partial charge in [-0.15, -0.1) is 10.2 Å². The van der Waals surface area contributed by atoms with E-state index in [1.54, 1.807) is 6.92 Å². The van der Waals surface area contributed by atoms with Crippen LogP contribution >= 0.6 is 22.7 Å². The topological polar surface area (TPSA) is 114 Å². The standard InChI is InChI=1S/C10H10N4O4S2/c1-4-7(8(16)17)20-10(18)14(4)3-6(15)11-9-13-12-5(2)19-9/h3H2,1-2H3,(H,16,17)(H,11,13,15). The Morgan fingerprint density at radius 2 is 2.00 bits per heavy atom. The minimum absolute atomic E-state index is 0.0606. The van der Waals surface area contributed by atoms with Crippen molar-refractivity contribution in [2.45, 2.75) is 20.4 Å². The third kappa shape index (κ3) is 2.91. The van der Waals surface area contributed by atoms with Crippen molar-refractivity contribution >= 4 is 39.7 Å². The second kappa shape index (κ2) is 5.51. The maximum atomic E-state index is 11.8. The van der Waals surface area contributed by atoms with Crippen molar-refractivity contribution in [1.29, 1.82) is 0 Å². The van der Waals surface area contributed by atoms with E-state index in [1.165, 1.54) is 18.3 Å². The van der Waals surface area contributed by atoms with E-state index >= 15 is 0 Å². The molecule has 106 valence electrons. The fourth-order valence-corrected chi connectivity index (χ4v) is 2.95. The molecule has 0 aromatic carbocycles. The number of nitrogens with one attached hydrogen (secondary N) is 1. The van der Waals surface area contributed by atoms with Crippen molar-refractivity contribution in [2.24, 2.45) is 0 Å². The van der Waals surface area contributed by atoms with Gasteiger partial charge in [0.25, 0.3) is 0 Å². The molecule has 0 unspecified atom stereocenters. The number of carboxylic acid groups (broad SMARTS) is 1. The van der Waals surface area contributed by atoms with Crippen LogP contribution in [0, 0.1) is 13.8 Å². The van der Waals surface area contributed by atoms with Gasteiger partial charge in [-0.05, 0) is 13.8 Å². The van der Waals surface area contributed by atoms with Crippen LogP contribution in [0.4, 0.5) is 5.13 Å². The number of amides is 1. The number of anilines is 1. The van der Waals surface area contributed by atoms with E-state index in [2.05, 4.69) is 15.5 Å². The van der Waals surface area contributed by atoms with Gasteiger partial charge in [0.05, 0.1) is 0 Å². The highest BCUT2D eigenvalue weighted by molar-refractivity contribution is 7.15. The summed E-state index contributed by atoms with van der Waals surface area (Å²) in [5, 5.41) is 20.0. The number of carboxylic acids is 1. The molecule has 2 N–H and O–H groups in total. The summed E-state index contributed by atoms with van der Waals surface area (Å²) >= 11 is 1.82. The number of hydrogen-bond acceptors (Lipinski definition) is 7. The van der Waals surface area contributed by atoms with Crippen molar-refractivity contribution in [1.82, 2.24) is 14.8 Å². The van der Waals surface area contributed by atoms with E-state index in [4.69, 9.17) is 5.11 Å². The Morgan fingerprint density at radius 3 is 2.50 bits per heavy atom. The lowest BCUT2D eigenvalue weighted by molar-refractivity contribution is -0.116. The maximum Gasteiger partial charge on any atom is 0.347 e. The van der Waals surface area contributed by atoms with E-state index in [0.29, 0.717) is 21.5 Å². The number of hydrogen-bond donors (Lipinski definition) is 2. The Bertz CT molecular complexity index is 730. The Labute approximate surface area is 120 Å². The summed E-state index contributed by atoms with van der Waals surface area (Å²) in [4.78, 5) is 33.8. The Kier molecular flexibility index (Phi) is 3.95. The zero-order chi connectivity index (χ0) is 14.9. The van der Waals surface area contributed by atoms with Crippen molar-refractivity contribution in [2.75, 3.05) is 5.32 Å². The predicted octanol–water partition coefficient (Wildman–Crippen LogP) is 0.715. The van der Waals surface area contributed by atoms with Crippen LogP contribution in [0.5, 0.6) is 0 Å². The largest absolute Gasteiger partial charge is 0.477 e. The molecule has 20 heavy (non-hydrogen) atoms. The zero-order valence-corrected chi connectivity index (χ0v) is 12.2. The molecule has 10 heteroatoms. The van der Waals surface area contributed by atoms with E-state index in [1.807, 2.05) is 0 Å². The highest BCUT2D eigenvalue weighted by atomic mass is 32.1. The quantitative estimate of drug-likeness (QED) is 0.859. The van der Waals surface area contributed by atoms with Crippen molar-refractivity contribution < 1.29 is 14.7 Å². The highest BCUT2D eigenvalue weighted by Gasteiger charge is 2.18. The molecule has 0 aliphatic rings. The molecule has 0 fully saturated rings. The number of nitrogens with zero attached hydrogens (tertiary/aromatic N) is 3. The summed E-state index contributed by atoms with van der Waals surface area (Å²) in [5.74, 6) is -1.63. The van der Waals surface area contributed by atoms with Crippen LogP contribution in [-0.2, 0) is 11.3 Å². The fourth-order valence-electron chi connectivity index (χ4n) is 1.51. The Hall–Kier alpha value is -2.07. The van der Waals surface area contributed by atoms with Crippen LogP contribution in [-0.4, -0.2) is 31.7 Å². The molecule has 0 saturated carbocycles. The Morgan fingerprint density at radius 1 is 1.30 bits per heavy atom. The van der Waals surface area contributed by atoms with Gasteiger partial charge in [0.1, 0.15) is 16.4 Å². The van der Waals surface area contributed by atoms with E-state index in [9.17, 15) is 14.4 Å². The van der Waals surface area contributed by atoms with Gasteiger partial charge in [0, 0.05) is 5.69 Å². The third-order valence-electron chi connectivity index (χ3n) is 2.41. The molecule has 8 nitrogen and oxygen atoms in total. The number of aromatic carboxylic acids is 1. The van der Waals surface area contributed by atoms with Gasteiger partial charge in [-0.3, -0.25) is 19.5 Å². The van der Waals surface area contributed by atoms with Crippen LogP contribution in [0.1, 0.15) is 20.4 Å². The summed E-state index contributed by atoms with van der Waals surface area (Å²) in [7, 11) is 0. The predicted molar refractivity (Wildman–Crippen MR) is 73.6 cm³/mol. The highest BCUT2D eigenvalue weighted by Crippen LogP contribution is 2.14. The summed E-state index contributed by atoms with van der Waals surface area (Å²) in [5.41, 5.74) is 0.260. The minimum Gasteiger partial charge on any atom is -0.477 e. The smallest absolute Gasteiger partial charge is 0.347 e. The maximum absolute atomic E-state index is 11.8. The first kappa shape index (κ1) is 14.3. The molecule has 1 amide bonds. The number of aryl methyl sites for hydroxylation is 1. The average molecular weight is 314 g/mol. The van der Waals surface area contributed by atoms with Crippen molar-refractivity contribution in [3.8, 4) is 0 Å². The first-order valence-corrected chi connectivity index (χ1v) is 7.05. The van der Waals surface area contributed by atoms with Gasteiger partial charge in [-0.25, -0.2) is 4.79 Å². The first-order valence-electron chi connectivity index (χ1n) is 5.42. The Balaban J connectivity index is 2.16. The van der Waals surface area contributed by atoms with Crippen molar-refractivity contribution in [3.63, 3.8) is 0 Å². The molecule has 0 aliphatic heterocycles. The lowest BCUT2D eigenvalue weighted by atomic mass is 10.4. The molecular formula is C10H10N4O4S2. The monoisotopic (exact) mass is 314 g/mol. The van der Waals surface area contributed by atoms with Gasteiger partial charge >= 0.3 is 10.8 Å². The van der Waals surface area contributed by atoms with E-state index in [0.717, 1.165) is 4.57 Å². The van der Waals surface area contributed by atoms with Crippen LogP contribution in [0.3, 0.4) is 0 Å². The molecule has 0 atom stereocenters. The molecule has 0 saturated heterocycles. The molecule has 0 radical (unpaired) electrons. The van der Waals surface area contributed by atoms with Gasteiger partial charge in [0.15, 0.2) is 0 Å². The number of carbonyl (C=O) groups excluding carboxylic acids is 1. The van der Waals surface area contributed by atoms with Crippen LogP contribution in [0.2, 0.25) is 0 Å². The zero-order valence-electron chi connectivity index (χ0n) is 10.5. The summed E-state index contributed by atoms with van der Waals surface area (Å²) in [6.45, 7) is 2.98. The van der Waals surface area contributed by atoms with Crippen LogP contribution < -0.4 is 10.2 Å². The average Bonchev–Trinajstić information content (AvgIpc) is 2.87. The first-order chi connectivity index (χ1) is 9.38. The van der Waals surface area contributed by atoms with Gasteiger partial charge in [0.2, 0.25) is 11.0 Å². The van der Waals surface area contributed by atoms with Gasteiger partial charge < -0.3 is 5.11 Å². The molecular weight excluding hydrogens is 304 g/mol. The minimum atomic E-state index is -1.18. The molecule has 0 aliphatic carbocycles. The fraction of sp³-hybridized carbons (Fsp3) is 0.300. The SMILES string of the molecule is Cc1nnc(NC(=O)Cn2c(C)c(C(=O)O)sc2=O)s1. The van der Waals surface area contributed by atoms with Crippen LogP contribution in [0.25, 0.3) is 0 Å². The second-order valence-corrected chi connectivity index (χ2v) is 5.99. The number of rotatable bonds is 4. The molecule has 2 aromatic heterocycles. The second-order valence-electron chi connectivity index (χ2n) is 3.85. The lowest BCUT2D eigenvalue weighted by Gasteiger charge is -2.04.